The molecule has 1 N–H and O–H groups in total. The van der Waals surface area contributed by atoms with Crippen molar-refractivity contribution in [1.82, 2.24) is 5.32 Å². The van der Waals surface area contributed by atoms with E-state index < -0.39 is 0 Å². The lowest BCUT2D eigenvalue weighted by atomic mass is 9.85. The van der Waals surface area contributed by atoms with Crippen molar-refractivity contribution >= 4 is 5.97 Å². The van der Waals surface area contributed by atoms with Gasteiger partial charge in [-0.05, 0) is 25.7 Å². The van der Waals surface area contributed by atoms with Crippen molar-refractivity contribution in [2.75, 3.05) is 13.2 Å². The molecule has 1 saturated carbocycles. The van der Waals surface area contributed by atoms with Crippen molar-refractivity contribution in [3.05, 3.63) is 0 Å². The fourth-order valence-corrected chi connectivity index (χ4v) is 2.91. The summed E-state index contributed by atoms with van der Waals surface area (Å²) < 4.78 is 11.2. The van der Waals surface area contributed by atoms with E-state index in [9.17, 15) is 4.79 Å². The van der Waals surface area contributed by atoms with Crippen LogP contribution >= 0.6 is 0 Å². The van der Waals surface area contributed by atoms with Crippen molar-refractivity contribution < 1.29 is 14.3 Å². The molecular weight excluding hydrogens is 254 g/mol. The lowest BCUT2D eigenvalue weighted by molar-refractivity contribution is -0.149. The number of hydrogen-bond acceptors (Lipinski definition) is 4. The van der Waals surface area contributed by atoms with Crippen LogP contribution in [0.1, 0.15) is 59.8 Å². The van der Waals surface area contributed by atoms with E-state index in [0.29, 0.717) is 25.2 Å². The highest BCUT2D eigenvalue weighted by molar-refractivity contribution is 5.76. The predicted octanol–water partition coefficient (Wildman–Crippen LogP) is 2.90. The highest BCUT2D eigenvalue weighted by Gasteiger charge is 2.27. The average molecular weight is 285 g/mol. The molecule has 20 heavy (non-hydrogen) atoms. The van der Waals surface area contributed by atoms with Gasteiger partial charge in [0.25, 0.3) is 0 Å². The SMILES string of the molecule is CCOC(=O)C(COC1CCCCC1CC)NC(C)C. The summed E-state index contributed by atoms with van der Waals surface area (Å²) in [5, 5.41) is 3.24. The molecule has 118 valence electrons. The summed E-state index contributed by atoms with van der Waals surface area (Å²) in [6.07, 6.45) is 6.39. The highest BCUT2D eigenvalue weighted by Crippen LogP contribution is 2.29. The molecule has 0 aromatic heterocycles. The van der Waals surface area contributed by atoms with E-state index in [1.54, 1.807) is 0 Å². The van der Waals surface area contributed by atoms with Gasteiger partial charge in [-0.3, -0.25) is 4.79 Å². The van der Waals surface area contributed by atoms with Gasteiger partial charge in [0.15, 0.2) is 0 Å². The summed E-state index contributed by atoms with van der Waals surface area (Å²) in [4.78, 5) is 11.9. The van der Waals surface area contributed by atoms with Crippen LogP contribution in [0.3, 0.4) is 0 Å². The third-order valence-electron chi connectivity index (χ3n) is 3.95. The molecule has 1 aliphatic rings. The van der Waals surface area contributed by atoms with Crippen LogP contribution in [-0.4, -0.2) is 37.4 Å². The number of nitrogens with one attached hydrogen (secondary N) is 1. The molecule has 3 unspecified atom stereocenters. The Hall–Kier alpha value is -0.610. The lowest BCUT2D eigenvalue weighted by Crippen LogP contribution is -2.46. The Bertz CT molecular complexity index is 281. The fourth-order valence-electron chi connectivity index (χ4n) is 2.91. The van der Waals surface area contributed by atoms with Crippen LogP contribution in [-0.2, 0) is 14.3 Å². The van der Waals surface area contributed by atoms with Gasteiger partial charge in [-0.1, -0.05) is 40.0 Å². The molecule has 0 heterocycles. The molecule has 1 aliphatic carbocycles. The summed E-state index contributed by atoms with van der Waals surface area (Å²) in [7, 11) is 0. The number of esters is 1. The molecule has 1 fully saturated rings. The summed E-state index contributed by atoms with van der Waals surface area (Å²) in [5.74, 6) is 0.440. The normalized spacial score (nSPS) is 24.6. The minimum Gasteiger partial charge on any atom is -0.465 e. The summed E-state index contributed by atoms with van der Waals surface area (Å²) in [6, 6.07) is -0.115. The second kappa shape index (κ2) is 9.35. The Morgan fingerprint density at radius 1 is 1.25 bits per heavy atom. The van der Waals surface area contributed by atoms with E-state index >= 15 is 0 Å². The van der Waals surface area contributed by atoms with E-state index in [1.165, 1.54) is 19.3 Å². The molecule has 0 radical (unpaired) electrons. The Balaban J connectivity index is 2.49. The number of carbonyl (C=O) groups is 1. The van der Waals surface area contributed by atoms with Gasteiger partial charge >= 0.3 is 5.97 Å². The first-order valence-electron chi connectivity index (χ1n) is 8.12. The summed E-state index contributed by atoms with van der Waals surface area (Å²) in [6.45, 7) is 8.94. The van der Waals surface area contributed by atoms with Gasteiger partial charge < -0.3 is 14.8 Å². The molecule has 3 atom stereocenters. The molecule has 1 rings (SSSR count). The number of rotatable bonds is 8. The van der Waals surface area contributed by atoms with E-state index in [1.807, 2.05) is 20.8 Å². The first-order valence-corrected chi connectivity index (χ1v) is 8.12. The smallest absolute Gasteiger partial charge is 0.325 e. The number of ether oxygens (including phenoxy) is 2. The van der Waals surface area contributed by atoms with Gasteiger partial charge in [-0.25, -0.2) is 0 Å². The summed E-state index contributed by atoms with van der Waals surface area (Å²) in [5.41, 5.74) is 0. The molecule has 0 aliphatic heterocycles. The fraction of sp³-hybridized carbons (Fsp3) is 0.938. The van der Waals surface area contributed by atoms with Gasteiger partial charge in [-0.2, -0.15) is 0 Å². The zero-order valence-electron chi connectivity index (χ0n) is 13.5. The first kappa shape index (κ1) is 17.4. The van der Waals surface area contributed by atoms with Gasteiger partial charge in [0, 0.05) is 6.04 Å². The minimum absolute atomic E-state index is 0.204. The van der Waals surface area contributed by atoms with Gasteiger partial charge in [-0.15, -0.1) is 0 Å². The quantitative estimate of drug-likeness (QED) is 0.697. The van der Waals surface area contributed by atoms with Crippen molar-refractivity contribution in [3.63, 3.8) is 0 Å². The monoisotopic (exact) mass is 285 g/mol. The van der Waals surface area contributed by atoms with E-state index in [4.69, 9.17) is 9.47 Å². The van der Waals surface area contributed by atoms with E-state index in [0.717, 1.165) is 12.8 Å². The average Bonchev–Trinajstić information content (AvgIpc) is 2.43. The molecule has 4 heteroatoms. The summed E-state index contributed by atoms with van der Waals surface area (Å²) >= 11 is 0. The molecule has 0 amide bonds. The Morgan fingerprint density at radius 2 is 1.95 bits per heavy atom. The van der Waals surface area contributed by atoms with E-state index in [-0.39, 0.29) is 18.1 Å². The van der Waals surface area contributed by atoms with Crippen LogP contribution in [0.15, 0.2) is 0 Å². The largest absolute Gasteiger partial charge is 0.465 e. The molecule has 0 saturated heterocycles. The maximum Gasteiger partial charge on any atom is 0.325 e. The zero-order chi connectivity index (χ0) is 15.0. The van der Waals surface area contributed by atoms with Gasteiger partial charge in [0.1, 0.15) is 6.04 Å². The number of carbonyl (C=O) groups excluding carboxylic acids is 1. The van der Waals surface area contributed by atoms with Crippen molar-refractivity contribution in [2.45, 2.75) is 78.0 Å². The van der Waals surface area contributed by atoms with Crippen LogP contribution in [0, 0.1) is 5.92 Å². The van der Waals surface area contributed by atoms with Crippen LogP contribution in [0.5, 0.6) is 0 Å². The molecule has 0 aromatic rings. The second-order valence-electron chi connectivity index (χ2n) is 5.95. The third-order valence-corrected chi connectivity index (χ3v) is 3.95. The maximum atomic E-state index is 11.9. The van der Waals surface area contributed by atoms with Crippen LogP contribution in [0.25, 0.3) is 0 Å². The van der Waals surface area contributed by atoms with Crippen molar-refractivity contribution in [3.8, 4) is 0 Å². The molecule has 0 bridgehead atoms. The van der Waals surface area contributed by atoms with Crippen molar-refractivity contribution in [2.24, 2.45) is 5.92 Å². The van der Waals surface area contributed by atoms with Crippen molar-refractivity contribution in [1.29, 1.82) is 0 Å². The Morgan fingerprint density at radius 3 is 2.55 bits per heavy atom. The standard InChI is InChI=1S/C16H31NO3/c1-5-13-9-7-8-10-15(13)20-11-14(17-12(3)4)16(18)19-6-2/h12-15,17H,5-11H2,1-4H3. The molecule has 0 spiro atoms. The maximum absolute atomic E-state index is 11.9. The van der Waals surface area contributed by atoms with Crippen LogP contribution in [0.4, 0.5) is 0 Å². The predicted molar refractivity (Wildman–Crippen MR) is 80.7 cm³/mol. The van der Waals surface area contributed by atoms with E-state index in [2.05, 4.69) is 12.2 Å². The Labute approximate surface area is 123 Å². The number of hydrogen-bond donors (Lipinski definition) is 1. The molecule has 4 nitrogen and oxygen atoms in total. The van der Waals surface area contributed by atoms with Crippen LogP contribution < -0.4 is 5.32 Å². The zero-order valence-corrected chi connectivity index (χ0v) is 13.5. The third kappa shape index (κ3) is 5.80. The molecule has 0 aromatic carbocycles. The highest BCUT2D eigenvalue weighted by atomic mass is 16.5. The topological polar surface area (TPSA) is 47.6 Å². The first-order chi connectivity index (χ1) is 9.58. The van der Waals surface area contributed by atoms with Gasteiger partial charge in [0.05, 0.1) is 19.3 Å². The Kier molecular flexibility index (Phi) is 8.15. The van der Waals surface area contributed by atoms with Gasteiger partial charge in [0.2, 0.25) is 0 Å². The minimum atomic E-state index is -0.352. The lowest BCUT2D eigenvalue weighted by Gasteiger charge is -2.32. The second-order valence-corrected chi connectivity index (χ2v) is 5.95. The van der Waals surface area contributed by atoms with Crippen LogP contribution in [0.2, 0.25) is 0 Å². The molecular formula is C16H31NO3.